The van der Waals surface area contributed by atoms with Gasteiger partial charge in [0.2, 0.25) is 0 Å². The molecule has 4 fully saturated rings. The normalized spacial score (nSPS) is 56.0. The second-order valence-corrected chi connectivity index (χ2v) is 9.38. The van der Waals surface area contributed by atoms with Crippen LogP contribution in [0.25, 0.3) is 0 Å². The number of terminal acetylenes is 1. The molecule has 4 aliphatic rings. The molecule has 0 saturated heterocycles. The molecule has 0 aromatic rings. The Morgan fingerprint density at radius 3 is 2.57 bits per heavy atom. The summed E-state index contributed by atoms with van der Waals surface area (Å²) in [4.78, 5) is 0. The first-order valence-electron chi connectivity index (χ1n) is 9.53. The van der Waals surface area contributed by atoms with Crippen LogP contribution >= 0.6 is 0 Å². The highest BCUT2D eigenvalue weighted by molar-refractivity contribution is 5.09. The lowest BCUT2D eigenvalue weighted by molar-refractivity contribution is -0.107. The first-order valence-corrected chi connectivity index (χ1v) is 9.53. The van der Waals surface area contributed by atoms with E-state index in [4.69, 9.17) is 6.42 Å². The van der Waals surface area contributed by atoms with Crippen molar-refractivity contribution in [3.05, 3.63) is 0 Å². The van der Waals surface area contributed by atoms with Crippen LogP contribution in [-0.2, 0) is 0 Å². The topological polar surface area (TPSA) is 0 Å². The third-order valence-electron chi connectivity index (χ3n) is 8.68. The minimum atomic E-state index is 0.583. The molecule has 4 saturated carbocycles. The van der Waals surface area contributed by atoms with Gasteiger partial charge in [-0.05, 0) is 92.3 Å². The van der Waals surface area contributed by atoms with Crippen LogP contribution in [0, 0.1) is 52.8 Å². The van der Waals surface area contributed by atoms with Crippen molar-refractivity contribution >= 4 is 0 Å². The van der Waals surface area contributed by atoms with Gasteiger partial charge in [-0.1, -0.05) is 20.3 Å². The van der Waals surface area contributed by atoms with Gasteiger partial charge >= 0.3 is 0 Å². The molecule has 0 aromatic heterocycles. The molecule has 4 rings (SSSR count). The highest BCUT2D eigenvalue weighted by Crippen LogP contribution is 2.66. The number of rotatable bonds is 0. The largest absolute Gasteiger partial charge is 0.120 e. The van der Waals surface area contributed by atoms with Gasteiger partial charge in [-0.2, -0.15) is 0 Å². The lowest BCUT2D eigenvalue weighted by atomic mass is 9.45. The molecule has 0 amide bonds. The Bertz CT molecular complexity index is 457. The van der Waals surface area contributed by atoms with Crippen molar-refractivity contribution < 1.29 is 0 Å². The molecule has 0 heteroatoms. The van der Waals surface area contributed by atoms with Crippen molar-refractivity contribution in [1.29, 1.82) is 0 Å². The van der Waals surface area contributed by atoms with Crippen molar-refractivity contribution in [1.82, 2.24) is 0 Å². The van der Waals surface area contributed by atoms with Gasteiger partial charge in [0, 0.05) is 5.92 Å². The van der Waals surface area contributed by atoms with Gasteiger partial charge in [0.25, 0.3) is 0 Å². The summed E-state index contributed by atoms with van der Waals surface area (Å²) in [6.45, 7) is 5.27. The van der Waals surface area contributed by atoms with Gasteiger partial charge in [-0.3, -0.25) is 0 Å². The maximum Gasteiger partial charge on any atom is 0.0203 e. The summed E-state index contributed by atoms with van der Waals surface area (Å²) in [6.07, 6.45) is 20.4. The van der Waals surface area contributed by atoms with E-state index in [-0.39, 0.29) is 0 Å². The Hall–Kier alpha value is -0.440. The smallest absolute Gasteiger partial charge is 0.0203 e. The molecule has 0 aromatic carbocycles. The number of hydrogen-bond donors (Lipinski definition) is 0. The Balaban J connectivity index is 1.60. The third kappa shape index (κ3) is 1.95. The van der Waals surface area contributed by atoms with Crippen LogP contribution in [0.1, 0.15) is 78.1 Å². The zero-order valence-electron chi connectivity index (χ0n) is 14.0. The highest BCUT2D eigenvalue weighted by atomic mass is 14.6. The van der Waals surface area contributed by atoms with Crippen LogP contribution in [0.15, 0.2) is 0 Å². The van der Waals surface area contributed by atoms with Crippen LogP contribution in [-0.4, -0.2) is 0 Å². The van der Waals surface area contributed by atoms with E-state index in [1.54, 1.807) is 0 Å². The quantitative estimate of drug-likeness (QED) is 0.503. The monoisotopic (exact) mass is 284 g/mol. The van der Waals surface area contributed by atoms with Gasteiger partial charge in [-0.15, -0.1) is 12.3 Å². The fraction of sp³-hybridized carbons (Fsp3) is 0.905. The molecule has 4 aliphatic carbocycles. The third-order valence-corrected chi connectivity index (χ3v) is 8.68. The molecule has 0 bridgehead atoms. The van der Waals surface area contributed by atoms with Crippen molar-refractivity contribution in [2.45, 2.75) is 78.1 Å². The summed E-state index contributed by atoms with van der Waals surface area (Å²) in [5.41, 5.74) is 1.33. The molecule has 0 heterocycles. The molecule has 0 nitrogen and oxygen atoms in total. The maximum atomic E-state index is 5.74. The van der Waals surface area contributed by atoms with Crippen LogP contribution < -0.4 is 0 Å². The Kier molecular flexibility index (Phi) is 3.22. The van der Waals surface area contributed by atoms with E-state index in [9.17, 15) is 0 Å². The molecule has 0 N–H and O–H groups in total. The fourth-order valence-electron chi connectivity index (χ4n) is 7.40. The first kappa shape index (κ1) is 14.2. The summed E-state index contributed by atoms with van der Waals surface area (Å²) in [5, 5.41) is 0. The minimum absolute atomic E-state index is 0.583. The molecule has 2 unspecified atom stereocenters. The molecule has 0 spiro atoms. The van der Waals surface area contributed by atoms with E-state index in [1.807, 2.05) is 0 Å². The van der Waals surface area contributed by atoms with E-state index in [2.05, 4.69) is 19.8 Å². The second-order valence-electron chi connectivity index (χ2n) is 9.38. The molecule has 7 atom stereocenters. The van der Waals surface area contributed by atoms with E-state index >= 15 is 0 Å². The SMILES string of the molecule is C#CC1CC[C@@]2(C)C(CC[C@H]3[C@@H]4CCC[C@@]4(C)CC[C@@H]32)C1. The van der Waals surface area contributed by atoms with Crippen LogP contribution in [0.5, 0.6) is 0 Å². The standard InChI is InChI=1S/C21H32/c1-4-15-9-13-21(3)16(14-15)7-8-17-18-6-5-11-20(18,2)12-10-19(17)21/h1,15-19H,5-14H2,2-3H3/t15?,16?,17-,18-,19-,20-,21-/m0/s1. The molecule has 0 radical (unpaired) electrons. The average molecular weight is 284 g/mol. The van der Waals surface area contributed by atoms with Gasteiger partial charge < -0.3 is 0 Å². The highest BCUT2D eigenvalue weighted by Gasteiger charge is 2.57. The number of hydrogen-bond acceptors (Lipinski definition) is 0. The van der Waals surface area contributed by atoms with Crippen LogP contribution in [0.3, 0.4) is 0 Å². The van der Waals surface area contributed by atoms with Gasteiger partial charge in [0.15, 0.2) is 0 Å². The minimum Gasteiger partial charge on any atom is -0.120 e. The summed E-state index contributed by atoms with van der Waals surface area (Å²) in [5.74, 6) is 7.71. The Morgan fingerprint density at radius 2 is 1.76 bits per heavy atom. The van der Waals surface area contributed by atoms with Crippen molar-refractivity contribution in [2.75, 3.05) is 0 Å². The van der Waals surface area contributed by atoms with E-state index in [1.165, 1.54) is 64.2 Å². The Morgan fingerprint density at radius 1 is 0.905 bits per heavy atom. The average Bonchev–Trinajstić information content (AvgIpc) is 2.88. The van der Waals surface area contributed by atoms with E-state index in [0.29, 0.717) is 16.7 Å². The lowest BCUT2D eigenvalue weighted by Crippen LogP contribution is -2.52. The van der Waals surface area contributed by atoms with Gasteiger partial charge in [-0.25, -0.2) is 0 Å². The van der Waals surface area contributed by atoms with Crippen LogP contribution in [0.2, 0.25) is 0 Å². The van der Waals surface area contributed by atoms with Crippen LogP contribution in [0.4, 0.5) is 0 Å². The first-order chi connectivity index (χ1) is 10.1. The van der Waals surface area contributed by atoms with Gasteiger partial charge in [0.05, 0.1) is 0 Å². The molecule has 21 heavy (non-hydrogen) atoms. The van der Waals surface area contributed by atoms with E-state index in [0.717, 1.165) is 23.7 Å². The predicted molar refractivity (Wildman–Crippen MR) is 88.7 cm³/mol. The second kappa shape index (κ2) is 4.78. The molecule has 0 aliphatic heterocycles. The molecular weight excluding hydrogens is 252 g/mol. The molecular formula is C21H32. The Labute approximate surface area is 131 Å². The maximum absolute atomic E-state index is 5.74. The van der Waals surface area contributed by atoms with Gasteiger partial charge in [0.1, 0.15) is 0 Å². The summed E-state index contributed by atoms with van der Waals surface area (Å²) in [7, 11) is 0. The zero-order valence-corrected chi connectivity index (χ0v) is 14.0. The summed E-state index contributed by atoms with van der Waals surface area (Å²) < 4.78 is 0. The molecule has 116 valence electrons. The van der Waals surface area contributed by atoms with Crippen molar-refractivity contribution in [2.24, 2.45) is 40.4 Å². The lowest BCUT2D eigenvalue weighted by Gasteiger charge is -2.60. The van der Waals surface area contributed by atoms with Crippen molar-refractivity contribution in [3.8, 4) is 12.3 Å². The summed E-state index contributed by atoms with van der Waals surface area (Å²) in [6, 6.07) is 0. The summed E-state index contributed by atoms with van der Waals surface area (Å²) >= 11 is 0. The van der Waals surface area contributed by atoms with E-state index < -0.39 is 0 Å². The fourth-order valence-corrected chi connectivity index (χ4v) is 7.40. The van der Waals surface area contributed by atoms with Crippen molar-refractivity contribution in [3.63, 3.8) is 0 Å². The number of fused-ring (bicyclic) bond motifs is 5. The predicted octanol–water partition coefficient (Wildman–Crippen LogP) is 5.67. The zero-order chi connectivity index (χ0) is 14.7.